The molecule has 96 valence electrons. The van der Waals surface area contributed by atoms with Crippen molar-refractivity contribution in [3.05, 3.63) is 53.6 Å². The van der Waals surface area contributed by atoms with E-state index in [1.54, 1.807) is 0 Å². The molecule has 0 aromatic heterocycles. The Kier molecular flexibility index (Phi) is 3.60. The third kappa shape index (κ3) is 3.25. The summed E-state index contributed by atoms with van der Waals surface area (Å²) >= 11 is 0. The maximum atomic E-state index is 5.94. The molecule has 0 radical (unpaired) electrons. The quantitative estimate of drug-likeness (QED) is 0.734. The molecule has 0 saturated carbocycles. The molecule has 1 aliphatic carbocycles. The van der Waals surface area contributed by atoms with Gasteiger partial charge in [0.25, 0.3) is 0 Å². The van der Waals surface area contributed by atoms with E-state index in [2.05, 4.69) is 70.2 Å². The first-order valence-corrected chi connectivity index (χ1v) is 6.57. The van der Waals surface area contributed by atoms with Gasteiger partial charge < -0.3 is 4.74 Å². The monoisotopic (exact) mass is 242 g/mol. The first-order valence-electron chi connectivity index (χ1n) is 6.57. The van der Waals surface area contributed by atoms with Gasteiger partial charge in [-0.1, -0.05) is 50.6 Å². The summed E-state index contributed by atoms with van der Waals surface area (Å²) in [6.45, 7) is 8.78. The van der Waals surface area contributed by atoms with Gasteiger partial charge in [0.05, 0.1) is 0 Å². The highest BCUT2D eigenvalue weighted by atomic mass is 16.5. The van der Waals surface area contributed by atoms with Crippen LogP contribution in [0.2, 0.25) is 0 Å². The van der Waals surface area contributed by atoms with Crippen LogP contribution in [0.1, 0.15) is 39.7 Å². The van der Waals surface area contributed by atoms with Crippen LogP contribution in [0.25, 0.3) is 0 Å². The van der Waals surface area contributed by atoms with Gasteiger partial charge in [-0.3, -0.25) is 0 Å². The summed E-state index contributed by atoms with van der Waals surface area (Å²) < 4.78 is 5.94. The Morgan fingerprint density at radius 2 is 1.78 bits per heavy atom. The zero-order valence-corrected chi connectivity index (χ0v) is 11.7. The van der Waals surface area contributed by atoms with Gasteiger partial charge in [0.1, 0.15) is 11.9 Å². The van der Waals surface area contributed by atoms with Gasteiger partial charge >= 0.3 is 0 Å². The zero-order chi connectivity index (χ0) is 13.2. The van der Waals surface area contributed by atoms with Crippen molar-refractivity contribution in [2.45, 2.75) is 45.6 Å². The number of hydrogen-bond acceptors (Lipinski definition) is 1. The maximum absolute atomic E-state index is 5.94. The van der Waals surface area contributed by atoms with E-state index in [4.69, 9.17) is 4.74 Å². The van der Waals surface area contributed by atoms with Crippen LogP contribution in [-0.4, -0.2) is 6.10 Å². The van der Waals surface area contributed by atoms with Gasteiger partial charge in [0.15, 0.2) is 0 Å². The molecule has 1 aromatic carbocycles. The van der Waals surface area contributed by atoms with Crippen LogP contribution in [0.5, 0.6) is 5.75 Å². The SMILES string of the molecule is CC1=CCC(Oc2ccc(C(C)(C)C)cc2)C=C1. The highest BCUT2D eigenvalue weighted by molar-refractivity contribution is 5.32. The van der Waals surface area contributed by atoms with E-state index in [0.29, 0.717) is 0 Å². The van der Waals surface area contributed by atoms with Crippen molar-refractivity contribution in [3.63, 3.8) is 0 Å². The Morgan fingerprint density at radius 3 is 2.28 bits per heavy atom. The summed E-state index contributed by atoms with van der Waals surface area (Å²) in [5.74, 6) is 0.950. The van der Waals surface area contributed by atoms with E-state index in [1.165, 1.54) is 11.1 Å². The fourth-order valence-electron chi connectivity index (χ4n) is 2.00. The molecule has 0 amide bonds. The standard InChI is InChI=1S/C17H22O/c1-13-5-9-15(10-6-13)18-16-11-7-14(8-12-16)17(2,3)4/h5-9,11-12,15H,10H2,1-4H3. The largest absolute Gasteiger partial charge is 0.486 e. The molecule has 0 heterocycles. The molecule has 1 aliphatic rings. The fraction of sp³-hybridized carbons (Fsp3) is 0.412. The average Bonchev–Trinajstić information content (AvgIpc) is 2.32. The Balaban J connectivity index is 2.01. The number of ether oxygens (including phenoxy) is 1. The highest BCUT2D eigenvalue weighted by Gasteiger charge is 2.14. The van der Waals surface area contributed by atoms with E-state index in [0.717, 1.165) is 12.2 Å². The van der Waals surface area contributed by atoms with Crippen LogP contribution in [-0.2, 0) is 5.41 Å². The van der Waals surface area contributed by atoms with Crippen LogP contribution in [0, 0.1) is 0 Å². The Morgan fingerprint density at radius 1 is 1.11 bits per heavy atom. The number of benzene rings is 1. The number of rotatable bonds is 2. The van der Waals surface area contributed by atoms with Crippen LogP contribution in [0.4, 0.5) is 0 Å². The molecule has 1 heteroatoms. The molecule has 18 heavy (non-hydrogen) atoms. The molecular formula is C17H22O. The smallest absolute Gasteiger partial charge is 0.121 e. The fourth-order valence-corrected chi connectivity index (χ4v) is 2.00. The van der Waals surface area contributed by atoms with Gasteiger partial charge in [-0.05, 0) is 36.1 Å². The molecule has 1 unspecified atom stereocenters. The summed E-state index contributed by atoms with van der Waals surface area (Å²) in [6, 6.07) is 8.45. The first-order chi connectivity index (χ1) is 8.45. The molecule has 0 spiro atoms. The molecule has 0 fully saturated rings. The normalized spacial score (nSPS) is 19.6. The predicted molar refractivity (Wildman–Crippen MR) is 77.1 cm³/mol. The summed E-state index contributed by atoms with van der Waals surface area (Å²) in [4.78, 5) is 0. The van der Waals surface area contributed by atoms with Crippen LogP contribution in [0.15, 0.2) is 48.1 Å². The van der Waals surface area contributed by atoms with Gasteiger partial charge in [0, 0.05) is 6.42 Å². The second kappa shape index (κ2) is 5.01. The summed E-state index contributed by atoms with van der Waals surface area (Å²) in [6.07, 6.45) is 7.61. The van der Waals surface area contributed by atoms with E-state index < -0.39 is 0 Å². The first kappa shape index (κ1) is 12.9. The van der Waals surface area contributed by atoms with Crippen LogP contribution >= 0.6 is 0 Å². The van der Waals surface area contributed by atoms with Crippen molar-refractivity contribution in [1.82, 2.24) is 0 Å². The second-order valence-corrected chi connectivity index (χ2v) is 5.97. The van der Waals surface area contributed by atoms with Crippen molar-refractivity contribution in [2.24, 2.45) is 0 Å². The van der Waals surface area contributed by atoms with E-state index >= 15 is 0 Å². The molecule has 0 saturated heterocycles. The second-order valence-electron chi connectivity index (χ2n) is 5.97. The minimum Gasteiger partial charge on any atom is -0.486 e. The lowest BCUT2D eigenvalue weighted by atomic mass is 9.87. The van der Waals surface area contributed by atoms with Gasteiger partial charge in [-0.2, -0.15) is 0 Å². The number of hydrogen-bond donors (Lipinski definition) is 0. The van der Waals surface area contributed by atoms with Crippen molar-refractivity contribution >= 4 is 0 Å². The third-order valence-corrected chi connectivity index (χ3v) is 3.25. The average molecular weight is 242 g/mol. The number of allylic oxidation sites excluding steroid dienone is 2. The van der Waals surface area contributed by atoms with Crippen molar-refractivity contribution < 1.29 is 4.74 Å². The highest BCUT2D eigenvalue weighted by Crippen LogP contribution is 2.25. The predicted octanol–water partition coefficient (Wildman–Crippen LogP) is 4.64. The van der Waals surface area contributed by atoms with E-state index in [9.17, 15) is 0 Å². The summed E-state index contributed by atoms with van der Waals surface area (Å²) in [5, 5.41) is 0. The van der Waals surface area contributed by atoms with E-state index in [1.807, 2.05) is 0 Å². The maximum Gasteiger partial charge on any atom is 0.121 e. The van der Waals surface area contributed by atoms with Crippen LogP contribution in [0.3, 0.4) is 0 Å². The topological polar surface area (TPSA) is 9.23 Å². The van der Waals surface area contributed by atoms with Crippen molar-refractivity contribution in [1.29, 1.82) is 0 Å². The molecule has 2 rings (SSSR count). The zero-order valence-electron chi connectivity index (χ0n) is 11.7. The van der Waals surface area contributed by atoms with E-state index in [-0.39, 0.29) is 11.5 Å². The van der Waals surface area contributed by atoms with Crippen molar-refractivity contribution in [3.8, 4) is 5.75 Å². The molecule has 0 N–H and O–H groups in total. The molecule has 1 aromatic rings. The molecule has 0 bridgehead atoms. The lowest BCUT2D eigenvalue weighted by molar-refractivity contribution is 0.251. The Bertz CT molecular complexity index is 457. The lowest BCUT2D eigenvalue weighted by Gasteiger charge is -2.21. The van der Waals surface area contributed by atoms with Gasteiger partial charge in [-0.15, -0.1) is 0 Å². The Labute approximate surface area is 110 Å². The lowest BCUT2D eigenvalue weighted by Crippen LogP contribution is -2.15. The summed E-state index contributed by atoms with van der Waals surface area (Å²) in [5.41, 5.74) is 2.85. The van der Waals surface area contributed by atoms with Crippen molar-refractivity contribution in [2.75, 3.05) is 0 Å². The molecule has 1 nitrogen and oxygen atoms in total. The molecule has 1 atom stereocenters. The Hall–Kier alpha value is -1.50. The van der Waals surface area contributed by atoms with Crippen LogP contribution < -0.4 is 4.74 Å². The minimum absolute atomic E-state index is 0.175. The summed E-state index contributed by atoms with van der Waals surface area (Å²) in [7, 11) is 0. The third-order valence-electron chi connectivity index (χ3n) is 3.25. The molecule has 0 aliphatic heterocycles. The van der Waals surface area contributed by atoms with Gasteiger partial charge in [0.2, 0.25) is 0 Å². The molecular weight excluding hydrogens is 220 g/mol. The minimum atomic E-state index is 0.175. The van der Waals surface area contributed by atoms with Gasteiger partial charge in [-0.25, -0.2) is 0 Å².